The summed E-state index contributed by atoms with van der Waals surface area (Å²) in [5, 5.41) is 0. The Hall–Kier alpha value is -2.07. The van der Waals surface area contributed by atoms with Gasteiger partial charge < -0.3 is 9.47 Å². The van der Waals surface area contributed by atoms with Crippen molar-refractivity contribution in [2.45, 2.75) is 31.7 Å². The molecule has 1 aromatic heterocycles. The smallest absolute Gasteiger partial charge is 0.270 e. The molecule has 1 amide bonds. The molecule has 3 aliphatic heterocycles. The Balaban J connectivity index is 1.36. The summed E-state index contributed by atoms with van der Waals surface area (Å²) in [7, 11) is 2.02. The van der Waals surface area contributed by atoms with Crippen molar-refractivity contribution in [1.29, 1.82) is 0 Å². The lowest BCUT2D eigenvalue weighted by molar-refractivity contribution is 0.0727. The van der Waals surface area contributed by atoms with E-state index >= 15 is 0 Å². The molecule has 4 fully saturated rings. The lowest BCUT2D eigenvalue weighted by atomic mass is 9.95. The number of amides is 1. The molecule has 1 aliphatic carbocycles. The van der Waals surface area contributed by atoms with Crippen LogP contribution in [0.2, 0.25) is 0 Å². The lowest BCUT2D eigenvalue weighted by Crippen LogP contribution is -2.45. The van der Waals surface area contributed by atoms with Crippen molar-refractivity contribution in [3.05, 3.63) is 48.2 Å². The zero-order chi connectivity index (χ0) is 18.4. The second kappa shape index (κ2) is 6.83. The van der Waals surface area contributed by atoms with E-state index in [1.54, 1.807) is 0 Å². The fourth-order valence-corrected chi connectivity index (χ4v) is 4.99. The number of hydrogen-bond acceptors (Lipinski definition) is 2. The van der Waals surface area contributed by atoms with Crippen LogP contribution in [-0.4, -0.2) is 52.5 Å². The highest BCUT2D eigenvalue weighted by molar-refractivity contribution is 5.94. The summed E-state index contributed by atoms with van der Waals surface area (Å²) in [6.07, 6.45) is 5.34. The van der Waals surface area contributed by atoms with E-state index < -0.39 is 0 Å². The molecule has 1 saturated carbocycles. The molecular weight excluding hydrogens is 334 g/mol. The monoisotopic (exact) mass is 363 g/mol. The fraction of sp³-hybridized carbons (Fsp3) is 0.522. The van der Waals surface area contributed by atoms with Gasteiger partial charge in [0.15, 0.2) is 0 Å². The average molecular weight is 364 g/mol. The van der Waals surface area contributed by atoms with E-state index in [0.29, 0.717) is 12.0 Å². The quantitative estimate of drug-likeness (QED) is 0.830. The van der Waals surface area contributed by atoms with Gasteiger partial charge in [0, 0.05) is 45.0 Å². The van der Waals surface area contributed by atoms with Crippen LogP contribution in [-0.2, 0) is 7.05 Å². The molecule has 0 radical (unpaired) electrons. The first kappa shape index (κ1) is 17.1. The molecular formula is C23H29N3O. The van der Waals surface area contributed by atoms with Gasteiger partial charge in [-0.25, -0.2) is 0 Å². The Morgan fingerprint density at radius 2 is 1.78 bits per heavy atom. The summed E-state index contributed by atoms with van der Waals surface area (Å²) < 4.78 is 2.06. The molecule has 4 aliphatic rings. The first-order valence-corrected chi connectivity index (χ1v) is 10.4. The zero-order valence-electron chi connectivity index (χ0n) is 16.2. The molecule has 4 nitrogen and oxygen atoms in total. The van der Waals surface area contributed by atoms with Crippen molar-refractivity contribution in [3.63, 3.8) is 0 Å². The Bertz CT molecular complexity index is 823. The molecule has 6 rings (SSSR count). The largest absolute Gasteiger partial charge is 0.340 e. The van der Waals surface area contributed by atoms with Crippen molar-refractivity contribution in [1.82, 2.24) is 14.4 Å². The molecule has 4 heteroatoms. The van der Waals surface area contributed by atoms with E-state index in [-0.39, 0.29) is 5.91 Å². The third-order valence-corrected chi connectivity index (χ3v) is 6.71. The third kappa shape index (κ3) is 3.31. The van der Waals surface area contributed by atoms with Gasteiger partial charge in [-0.1, -0.05) is 30.3 Å². The molecule has 0 N–H and O–H groups in total. The summed E-state index contributed by atoms with van der Waals surface area (Å²) in [4.78, 5) is 18.2. The zero-order valence-corrected chi connectivity index (χ0v) is 16.2. The molecule has 4 heterocycles. The van der Waals surface area contributed by atoms with Crippen LogP contribution in [0.3, 0.4) is 0 Å². The van der Waals surface area contributed by atoms with Crippen molar-refractivity contribution in [3.8, 4) is 11.3 Å². The minimum Gasteiger partial charge on any atom is -0.340 e. The van der Waals surface area contributed by atoms with Gasteiger partial charge in [-0.15, -0.1) is 0 Å². The fourth-order valence-electron chi connectivity index (χ4n) is 4.99. The summed E-state index contributed by atoms with van der Waals surface area (Å²) in [6.45, 7) is 4.26. The summed E-state index contributed by atoms with van der Waals surface area (Å²) in [5.41, 5.74) is 3.07. The highest BCUT2D eigenvalue weighted by atomic mass is 16.2. The summed E-state index contributed by atoms with van der Waals surface area (Å²) in [6, 6.07) is 15.0. The standard InChI is InChI=1S/C23H29N3O/c1-24-21(19-5-3-2-4-6-19)11-12-22(24)23(27)26-15-18-9-10-20(16-26)25(14-18)13-17-7-8-17/h2-6,11-12,17-18,20H,7-10,13-16H2,1H3/t18-,20-/m0/s1. The van der Waals surface area contributed by atoms with Gasteiger partial charge in [0.2, 0.25) is 0 Å². The average Bonchev–Trinajstić information content (AvgIpc) is 3.48. The topological polar surface area (TPSA) is 28.5 Å². The molecule has 2 aromatic rings. The van der Waals surface area contributed by atoms with E-state index in [0.717, 1.165) is 36.0 Å². The molecule has 2 bridgehead atoms. The number of piperidine rings is 1. The van der Waals surface area contributed by atoms with E-state index in [4.69, 9.17) is 0 Å². The molecule has 142 valence electrons. The maximum Gasteiger partial charge on any atom is 0.270 e. The highest BCUT2D eigenvalue weighted by Gasteiger charge is 2.39. The van der Waals surface area contributed by atoms with Crippen LogP contribution in [0, 0.1) is 11.8 Å². The lowest BCUT2D eigenvalue weighted by Gasteiger charge is -2.36. The maximum atomic E-state index is 13.4. The van der Waals surface area contributed by atoms with Crippen molar-refractivity contribution >= 4 is 5.91 Å². The molecule has 0 unspecified atom stereocenters. The minimum atomic E-state index is 0.199. The number of carbonyl (C=O) groups excluding carboxylic acids is 1. The van der Waals surface area contributed by atoms with Crippen molar-refractivity contribution in [2.24, 2.45) is 18.9 Å². The van der Waals surface area contributed by atoms with Gasteiger partial charge in [0.1, 0.15) is 5.69 Å². The Morgan fingerprint density at radius 3 is 2.56 bits per heavy atom. The Kier molecular flexibility index (Phi) is 4.31. The predicted molar refractivity (Wildman–Crippen MR) is 108 cm³/mol. The van der Waals surface area contributed by atoms with Gasteiger partial charge in [-0.2, -0.15) is 0 Å². The van der Waals surface area contributed by atoms with E-state index in [1.807, 2.05) is 31.3 Å². The number of carbonyl (C=O) groups is 1. The van der Waals surface area contributed by atoms with Crippen LogP contribution in [0.15, 0.2) is 42.5 Å². The first-order chi connectivity index (χ1) is 13.2. The van der Waals surface area contributed by atoms with Gasteiger partial charge >= 0.3 is 0 Å². The first-order valence-electron chi connectivity index (χ1n) is 10.4. The minimum absolute atomic E-state index is 0.199. The van der Waals surface area contributed by atoms with Crippen LogP contribution in [0.5, 0.6) is 0 Å². The summed E-state index contributed by atoms with van der Waals surface area (Å²) in [5.74, 6) is 1.76. The summed E-state index contributed by atoms with van der Waals surface area (Å²) >= 11 is 0. The van der Waals surface area contributed by atoms with E-state index in [1.165, 1.54) is 38.8 Å². The number of rotatable bonds is 4. The molecule has 3 saturated heterocycles. The second-order valence-corrected chi connectivity index (χ2v) is 8.73. The molecule has 1 aromatic carbocycles. The highest BCUT2D eigenvalue weighted by Crippen LogP contribution is 2.35. The molecule has 2 atom stereocenters. The Morgan fingerprint density at radius 1 is 0.963 bits per heavy atom. The van der Waals surface area contributed by atoms with Gasteiger partial charge in [-0.05, 0) is 55.2 Å². The van der Waals surface area contributed by atoms with Crippen LogP contribution in [0.25, 0.3) is 11.3 Å². The van der Waals surface area contributed by atoms with Gasteiger partial charge in [-0.3, -0.25) is 9.69 Å². The van der Waals surface area contributed by atoms with Crippen LogP contribution in [0.4, 0.5) is 0 Å². The van der Waals surface area contributed by atoms with E-state index in [9.17, 15) is 4.79 Å². The van der Waals surface area contributed by atoms with Crippen molar-refractivity contribution < 1.29 is 4.79 Å². The van der Waals surface area contributed by atoms with Gasteiger partial charge in [0.25, 0.3) is 5.91 Å². The van der Waals surface area contributed by atoms with Crippen molar-refractivity contribution in [2.75, 3.05) is 26.2 Å². The van der Waals surface area contributed by atoms with E-state index in [2.05, 4.69) is 32.6 Å². The number of benzene rings is 1. The molecule has 27 heavy (non-hydrogen) atoms. The van der Waals surface area contributed by atoms with Crippen LogP contribution in [0.1, 0.15) is 36.2 Å². The van der Waals surface area contributed by atoms with Crippen LogP contribution >= 0.6 is 0 Å². The number of fused-ring (bicyclic) bond motifs is 4. The normalized spacial score (nSPS) is 25.6. The van der Waals surface area contributed by atoms with Gasteiger partial charge in [0.05, 0.1) is 0 Å². The third-order valence-electron chi connectivity index (χ3n) is 6.71. The SMILES string of the molecule is Cn1c(C(=O)N2C[C@H]3CC[C@@H](C2)N(CC2CC2)C3)ccc1-c1ccccc1. The number of hydrogen-bond donors (Lipinski definition) is 0. The number of nitrogens with zero attached hydrogens (tertiary/aromatic N) is 3. The van der Waals surface area contributed by atoms with Crippen LogP contribution < -0.4 is 0 Å². The molecule has 0 spiro atoms. The maximum absolute atomic E-state index is 13.4. The second-order valence-electron chi connectivity index (χ2n) is 8.73. The Labute approximate surface area is 161 Å². The predicted octanol–water partition coefficient (Wildman–Crippen LogP) is 3.64. The number of aromatic nitrogens is 1.